The smallest absolute Gasteiger partial charge is 0.340 e. The van der Waals surface area contributed by atoms with Crippen LogP contribution in [0.2, 0.25) is 0 Å². The molecule has 0 saturated heterocycles. The average molecular weight is 491 g/mol. The van der Waals surface area contributed by atoms with E-state index in [0.717, 1.165) is 16.8 Å². The largest absolute Gasteiger partial charge is 0.449 e. The zero-order valence-electron chi connectivity index (χ0n) is 20.1. The normalized spacial score (nSPS) is 12.3. The molecule has 0 radical (unpaired) electrons. The fraction of sp³-hybridized carbons (Fsp3) is 0.250. The Morgan fingerprint density at radius 1 is 0.886 bits per heavy atom. The SMILES string of the molecule is Cc1ccc(NC(=O)CSc2ccccc2C(=O)O[C@@H](C)C(=O)NC[C@H](C)c2ccccc2)cc1. The maximum atomic E-state index is 12.8. The summed E-state index contributed by atoms with van der Waals surface area (Å²) >= 11 is 1.24. The number of benzene rings is 3. The predicted molar refractivity (Wildman–Crippen MR) is 140 cm³/mol. The van der Waals surface area contributed by atoms with E-state index in [4.69, 9.17) is 4.74 Å². The summed E-state index contributed by atoms with van der Waals surface area (Å²) in [5.74, 6) is -0.880. The Labute approximate surface area is 210 Å². The van der Waals surface area contributed by atoms with Crippen LogP contribution in [0.5, 0.6) is 0 Å². The molecule has 3 aromatic carbocycles. The molecule has 0 spiro atoms. The van der Waals surface area contributed by atoms with E-state index in [2.05, 4.69) is 10.6 Å². The molecule has 0 fully saturated rings. The van der Waals surface area contributed by atoms with E-state index in [0.29, 0.717) is 17.0 Å². The molecule has 3 aromatic rings. The van der Waals surface area contributed by atoms with Gasteiger partial charge in [-0.1, -0.05) is 67.1 Å². The van der Waals surface area contributed by atoms with Crippen molar-refractivity contribution >= 4 is 35.2 Å². The molecule has 0 saturated carbocycles. The van der Waals surface area contributed by atoms with E-state index in [9.17, 15) is 14.4 Å². The lowest BCUT2D eigenvalue weighted by Crippen LogP contribution is -2.37. The molecule has 7 heteroatoms. The summed E-state index contributed by atoms with van der Waals surface area (Å²) in [5, 5.41) is 5.69. The first-order chi connectivity index (χ1) is 16.8. The third kappa shape index (κ3) is 8.00. The van der Waals surface area contributed by atoms with Crippen molar-refractivity contribution < 1.29 is 19.1 Å². The average Bonchev–Trinajstić information content (AvgIpc) is 2.87. The Morgan fingerprint density at radius 3 is 2.26 bits per heavy atom. The maximum Gasteiger partial charge on any atom is 0.340 e. The Bertz CT molecular complexity index is 1150. The lowest BCUT2D eigenvalue weighted by Gasteiger charge is -2.17. The predicted octanol–water partition coefficient (Wildman–Crippen LogP) is 5.19. The highest BCUT2D eigenvalue weighted by Crippen LogP contribution is 2.24. The number of hydrogen-bond acceptors (Lipinski definition) is 5. The van der Waals surface area contributed by atoms with Gasteiger partial charge in [-0.05, 0) is 49.6 Å². The summed E-state index contributed by atoms with van der Waals surface area (Å²) in [6.07, 6.45) is -0.951. The quantitative estimate of drug-likeness (QED) is 0.302. The Morgan fingerprint density at radius 2 is 1.54 bits per heavy atom. The summed E-state index contributed by atoms with van der Waals surface area (Å²) < 4.78 is 5.43. The van der Waals surface area contributed by atoms with Gasteiger partial charge in [0.05, 0.1) is 11.3 Å². The molecule has 2 N–H and O–H groups in total. The molecule has 2 amide bonds. The number of amides is 2. The first kappa shape index (κ1) is 26.0. The monoisotopic (exact) mass is 490 g/mol. The second-order valence-corrected chi connectivity index (χ2v) is 9.32. The Hall–Kier alpha value is -3.58. The second-order valence-electron chi connectivity index (χ2n) is 8.30. The molecule has 0 unspecified atom stereocenters. The lowest BCUT2D eigenvalue weighted by molar-refractivity contribution is -0.129. The summed E-state index contributed by atoms with van der Waals surface area (Å²) in [6, 6.07) is 24.3. The van der Waals surface area contributed by atoms with Crippen LogP contribution in [-0.2, 0) is 14.3 Å². The number of carbonyl (C=O) groups excluding carboxylic acids is 3. The van der Waals surface area contributed by atoms with Crippen LogP contribution in [0, 0.1) is 6.92 Å². The minimum Gasteiger partial charge on any atom is -0.449 e. The molecule has 0 bridgehead atoms. The van der Waals surface area contributed by atoms with Crippen LogP contribution in [0.25, 0.3) is 0 Å². The molecule has 182 valence electrons. The van der Waals surface area contributed by atoms with Crippen molar-refractivity contribution in [2.45, 2.75) is 37.7 Å². The van der Waals surface area contributed by atoms with Crippen LogP contribution < -0.4 is 10.6 Å². The van der Waals surface area contributed by atoms with Crippen LogP contribution in [0.15, 0.2) is 83.8 Å². The summed E-state index contributed by atoms with van der Waals surface area (Å²) in [5.41, 5.74) is 3.27. The third-order valence-electron chi connectivity index (χ3n) is 5.41. The zero-order chi connectivity index (χ0) is 25.2. The number of ether oxygens (including phenoxy) is 1. The molecule has 0 heterocycles. The maximum absolute atomic E-state index is 12.8. The minimum absolute atomic E-state index is 0.131. The van der Waals surface area contributed by atoms with Crippen LogP contribution in [-0.4, -0.2) is 36.2 Å². The molecule has 0 aliphatic heterocycles. The molecule has 0 aliphatic rings. The van der Waals surface area contributed by atoms with Gasteiger partial charge in [0.2, 0.25) is 5.91 Å². The van der Waals surface area contributed by atoms with Gasteiger partial charge < -0.3 is 15.4 Å². The van der Waals surface area contributed by atoms with Gasteiger partial charge >= 0.3 is 5.97 Å². The summed E-state index contributed by atoms with van der Waals surface area (Å²) in [6.45, 7) is 5.99. The first-order valence-corrected chi connectivity index (χ1v) is 12.4. The highest BCUT2D eigenvalue weighted by atomic mass is 32.2. The van der Waals surface area contributed by atoms with Crippen LogP contribution in [0.3, 0.4) is 0 Å². The van der Waals surface area contributed by atoms with Gasteiger partial charge in [0.15, 0.2) is 6.10 Å². The van der Waals surface area contributed by atoms with E-state index >= 15 is 0 Å². The topological polar surface area (TPSA) is 84.5 Å². The van der Waals surface area contributed by atoms with E-state index in [1.54, 1.807) is 31.2 Å². The standard InChI is InChI=1S/C28H30N2O4S/c1-19-13-15-23(16-14-19)30-26(31)18-35-25-12-8-7-11-24(25)28(33)34-21(3)27(32)29-17-20(2)22-9-5-4-6-10-22/h4-16,20-21H,17-18H2,1-3H3,(H,29,32)(H,30,31)/t20-,21-/m0/s1. The summed E-state index contributed by atoms with van der Waals surface area (Å²) in [4.78, 5) is 38.2. The molecule has 2 atom stereocenters. The Kier molecular flexibility index (Phi) is 9.49. The number of anilines is 1. The third-order valence-corrected chi connectivity index (χ3v) is 6.48. The zero-order valence-corrected chi connectivity index (χ0v) is 20.9. The van der Waals surface area contributed by atoms with Crippen molar-refractivity contribution in [2.75, 3.05) is 17.6 Å². The minimum atomic E-state index is -0.951. The van der Waals surface area contributed by atoms with Gasteiger partial charge in [-0.2, -0.15) is 0 Å². The fourth-order valence-corrected chi connectivity index (χ4v) is 4.15. The van der Waals surface area contributed by atoms with Gasteiger partial charge in [0.1, 0.15) is 0 Å². The van der Waals surface area contributed by atoms with Gasteiger partial charge in [0, 0.05) is 17.1 Å². The molecule has 0 aromatic heterocycles. The molecule has 0 aliphatic carbocycles. The van der Waals surface area contributed by atoms with Crippen molar-refractivity contribution in [3.05, 3.63) is 95.6 Å². The van der Waals surface area contributed by atoms with E-state index < -0.39 is 12.1 Å². The molecule has 35 heavy (non-hydrogen) atoms. The van der Waals surface area contributed by atoms with E-state index in [1.165, 1.54) is 11.8 Å². The highest BCUT2D eigenvalue weighted by Gasteiger charge is 2.21. The van der Waals surface area contributed by atoms with E-state index in [-0.39, 0.29) is 23.5 Å². The number of rotatable bonds is 10. The Balaban J connectivity index is 1.52. The van der Waals surface area contributed by atoms with Crippen LogP contribution >= 0.6 is 11.8 Å². The number of aryl methyl sites for hydroxylation is 1. The molecular formula is C28H30N2O4S. The van der Waals surface area contributed by atoms with Gasteiger partial charge in [-0.15, -0.1) is 11.8 Å². The molecule has 3 rings (SSSR count). The van der Waals surface area contributed by atoms with Crippen LogP contribution in [0.1, 0.15) is 41.3 Å². The van der Waals surface area contributed by atoms with Crippen molar-refractivity contribution in [2.24, 2.45) is 0 Å². The second kappa shape index (κ2) is 12.8. The number of carbonyl (C=O) groups is 3. The number of hydrogen-bond donors (Lipinski definition) is 2. The fourth-order valence-electron chi connectivity index (χ4n) is 3.31. The van der Waals surface area contributed by atoms with Crippen molar-refractivity contribution in [3.8, 4) is 0 Å². The lowest BCUT2D eigenvalue weighted by atomic mass is 10.0. The van der Waals surface area contributed by atoms with Crippen molar-refractivity contribution in [1.29, 1.82) is 0 Å². The van der Waals surface area contributed by atoms with Crippen LogP contribution in [0.4, 0.5) is 5.69 Å². The van der Waals surface area contributed by atoms with Gasteiger partial charge in [-0.3, -0.25) is 9.59 Å². The number of nitrogens with one attached hydrogen (secondary N) is 2. The van der Waals surface area contributed by atoms with Crippen molar-refractivity contribution in [1.82, 2.24) is 5.32 Å². The van der Waals surface area contributed by atoms with Crippen molar-refractivity contribution in [3.63, 3.8) is 0 Å². The van der Waals surface area contributed by atoms with Gasteiger partial charge in [-0.25, -0.2) is 4.79 Å². The highest BCUT2D eigenvalue weighted by molar-refractivity contribution is 8.00. The van der Waals surface area contributed by atoms with E-state index in [1.807, 2.05) is 68.4 Å². The summed E-state index contributed by atoms with van der Waals surface area (Å²) in [7, 11) is 0. The molecular weight excluding hydrogens is 460 g/mol. The van der Waals surface area contributed by atoms with Gasteiger partial charge in [0.25, 0.3) is 5.91 Å². The number of thioether (sulfide) groups is 1. The molecule has 6 nitrogen and oxygen atoms in total. The number of esters is 1. The first-order valence-electron chi connectivity index (χ1n) is 11.5.